The Labute approximate surface area is 157 Å². The zero-order valence-corrected chi connectivity index (χ0v) is 16.7. The van der Waals surface area contributed by atoms with Crippen LogP contribution in [0.1, 0.15) is 51.6 Å². The van der Waals surface area contributed by atoms with Gasteiger partial charge < -0.3 is 0 Å². The molecule has 0 spiro atoms. The minimum Gasteiger partial charge on any atom is -0.295 e. The van der Waals surface area contributed by atoms with E-state index >= 15 is 0 Å². The second-order valence-electron chi connectivity index (χ2n) is 8.06. The molecule has 1 aromatic rings. The number of fused-ring (bicyclic) bond motifs is 1. The average Bonchev–Trinajstić information content (AvgIpc) is 3.03. The Morgan fingerprint density at radius 3 is 2.52 bits per heavy atom. The molecule has 1 aliphatic heterocycles. The number of imide groups is 1. The van der Waals surface area contributed by atoms with Gasteiger partial charge >= 0.3 is 0 Å². The van der Waals surface area contributed by atoms with E-state index in [0.717, 1.165) is 22.9 Å². The fraction of sp³-hybridized carbons (Fsp3) is 0.579. The molecule has 136 valence electrons. The molecular weight excluding hydrogens is 384 g/mol. The third kappa shape index (κ3) is 3.15. The first kappa shape index (κ1) is 18.5. The zero-order chi connectivity index (χ0) is 18.4. The molecule has 0 bridgehead atoms. The van der Waals surface area contributed by atoms with Gasteiger partial charge in [0.1, 0.15) is 0 Å². The van der Waals surface area contributed by atoms with Gasteiger partial charge in [-0.3, -0.25) is 19.7 Å². The highest BCUT2D eigenvalue weighted by Crippen LogP contribution is 2.56. The first-order valence-electron chi connectivity index (χ1n) is 8.67. The summed E-state index contributed by atoms with van der Waals surface area (Å²) in [7, 11) is 1.87. The number of rotatable bonds is 2. The molecule has 5 nitrogen and oxygen atoms in total. The monoisotopic (exact) mass is 408 g/mol. The first-order chi connectivity index (χ1) is 11.7. The van der Waals surface area contributed by atoms with Gasteiger partial charge in [-0.05, 0) is 37.0 Å². The van der Waals surface area contributed by atoms with Crippen LogP contribution in [-0.2, 0) is 14.4 Å². The van der Waals surface area contributed by atoms with E-state index in [0.29, 0.717) is 6.42 Å². The minimum absolute atomic E-state index is 0.195. The van der Waals surface area contributed by atoms with Crippen molar-refractivity contribution in [2.24, 2.45) is 10.8 Å². The van der Waals surface area contributed by atoms with Gasteiger partial charge in [0, 0.05) is 16.9 Å². The van der Waals surface area contributed by atoms with E-state index in [1.807, 2.05) is 52.1 Å². The number of hydrogen-bond donors (Lipinski definition) is 1. The van der Waals surface area contributed by atoms with E-state index in [4.69, 9.17) is 4.84 Å². The highest BCUT2D eigenvalue weighted by atomic mass is 79.9. The number of carbonyl (C=O) groups is 2. The van der Waals surface area contributed by atoms with Crippen LogP contribution in [0, 0.1) is 10.8 Å². The minimum atomic E-state index is -0.733. The van der Waals surface area contributed by atoms with Crippen molar-refractivity contribution in [1.29, 1.82) is 0 Å². The average molecular weight is 409 g/mol. The number of benzene rings is 1. The molecule has 3 rings (SSSR count). The topological polar surface area (TPSA) is 58.6 Å². The Morgan fingerprint density at radius 2 is 1.92 bits per heavy atom. The predicted octanol–water partition coefficient (Wildman–Crippen LogP) is 3.60. The molecule has 2 amide bonds. The van der Waals surface area contributed by atoms with Crippen LogP contribution in [0.4, 0.5) is 0 Å². The summed E-state index contributed by atoms with van der Waals surface area (Å²) in [5, 5.41) is 4.45. The summed E-state index contributed by atoms with van der Waals surface area (Å²) in [4.78, 5) is 31.7. The molecule has 0 radical (unpaired) electrons. The van der Waals surface area contributed by atoms with Crippen LogP contribution in [-0.4, -0.2) is 30.0 Å². The molecule has 1 aliphatic carbocycles. The van der Waals surface area contributed by atoms with E-state index in [1.54, 1.807) is 5.06 Å². The second-order valence-corrected chi connectivity index (χ2v) is 8.98. The van der Waals surface area contributed by atoms with Crippen molar-refractivity contribution in [2.45, 2.75) is 52.2 Å². The molecule has 0 aromatic heterocycles. The second kappa shape index (κ2) is 6.49. The van der Waals surface area contributed by atoms with Crippen LogP contribution >= 0.6 is 15.9 Å². The van der Waals surface area contributed by atoms with Crippen molar-refractivity contribution in [3.63, 3.8) is 0 Å². The standard InChI is InChI=1S/C19H25BrN2O3/c1-18(2,3)16(23)21-17(24)19-11-5-6-14(19)25-22(4)15(19)12-7-9-13(20)10-8-12/h7-10,14-15H,5-6,11H2,1-4H3,(H,21,23,24)/t14-,15-,19-/m0/s1. The van der Waals surface area contributed by atoms with E-state index in [2.05, 4.69) is 21.2 Å². The Balaban J connectivity index is 1.97. The first-order valence-corrected chi connectivity index (χ1v) is 9.46. The SMILES string of the molecule is CN1O[C@H]2CCC[C@@]2(C(=O)NC(=O)C(C)(C)C)[C@@H]1c1ccc(Br)cc1. The highest BCUT2D eigenvalue weighted by molar-refractivity contribution is 9.10. The van der Waals surface area contributed by atoms with E-state index in [-0.39, 0.29) is 24.0 Å². The fourth-order valence-corrected chi connectivity index (χ4v) is 4.25. The zero-order valence-electron chi connectivity index (χ0n) is 15.1. The molecule has 25 heavy (non-hydrogen) atoms. The molecule has 1 aromatic carbocycles. The van der Waals surface area contributed by atoms with Crippen molar-refractivity contribution >= 4 is 27.7 Å². The Morgan fingerprint density at radius 1 is 1.28 bits per heavy atom. The van der Waals surface area contributed by atoms with Gasteiger partial charge in [0.25, 0.3) is 0 Å². The summed E-state index contributed by atoms with van der Waals surface area (Å²) in [5.74, 6) is -0.464. The molecule has 3 atom stereocenters. The van der Waals surface area contributed by atoms with Gasteiger partial charge in [-0.2, -0.15) is 5.06 Å². The predicted molar refractivity (Wildman–Crippen MR) is 98.4 cm³/mol. The van der Waals surface area contributed by atoms with Crippen molar-refractivity contribution < 1.29 is 14.4 Å². The maximum atomic E-state index is 13.3. The van der Waals surface area contributed by atoms with Crippen molar-refractivity contribution in [2.75, 3.05) is 7.05 Å². The third-order valence-electron chi connectivity index (χ3n) is 5.29. The van der Waals surface area contributed by atoms with E-state index in [1.165, 1.54) is 0 Å². The van der Waals surface area contributed by atoms with Gasteiger partial charge in [-0.15, -0.1) is 0 Å². The number of hydrogen-bond acceptors (Lipinski definition) is 4. The lowest BCUT2D eigenvalue weighted by Crippen LogP contribution is -2.51. The normalized spacial score (nSPS) is 29.5. The lowest BCUT2D eigenvalue weighted by atomic mass is 9.73. The molecule has 6 heteroatoms. The summed E-state index contributed by atoms with van der Waals surface area (Å²) >= 11 is 3.45. The molecule has 1 N–H and O–H groups in total. The smallest absolute Gasteiger partial charge is 0.237 e. The van der Waals surface area contributed by atoms with Gasteiger partial charge in [-0.1, -0.05) is 48.8 Å². The molecule has 2 fully saturated rings. The van der Waals surface area contributed by atoms with Gasteiger partial charge in [-0.25, -0.2) is 0 Å². The number of carbonyl (C=O) groups excluding carboxylic acids is 2. The molecule has 1 heterocycles. The number of hydroxylamine groups is 2. The number of nitrogens with one attached hydrogen (secondary N) is 1. The molecule has 2 aliphatic rings. The maximum absolute atomic E-state index is 13.3. The fourth-order valence-electron chi connectivity index (χ4n) is 3.99. The van der Waals surface area contributed by atoms with E-state index < -0.39 is 10.8 Å². The van der Waals surface area contributed by atoms with Gasteiger partial charge in [0.15, 0.2) is 0 Å². The highest BCUT2D eigenvalue weighted by Gasteiger charge is 2.62. The summed E-state index contributed by atoms with van der Waals surface area (Å²) in [6.45, 7) is 5.43. The van der Waals surface area contributed by atoms with Crippen molar-refractivity contribution in [3.8, 4) is 0 Å². The molecule has 0 unspecified atom stereocenters. The summed E-state index contributed by atoms with van der Waals surface area (Å²) in [6.07, 6.45) is 2.27. The number of nitrogens with zero attached hydrogens (tertiary/aromatic N) is 1. The summed E-state index contributed by atoms with van der Waals surface area (Å²) < 4.78 is 0.988. The van der Waals surface area contributed by atoms with Crippen LogP contribution in [0.3, 0.4) is 0 Å². The quantitative estimate of drug-likeness (QED) is 0.811. The Hall–Kier alpha value is -1.24. The Kier molecular flexibility index (Phi) is 4.81. The number of halogens is 1. The van der Waals surface area contributed by atoms with Crippen LogP contribution in [0.25, 0.3) is 0 Å². The van der Waals surface area contributed by atoms with Crippen LogP contribution in [0.15, 0.2) is 28.7 Å². The Bertz CT molecular complexity index is 683. The van der Waals surface area contributed by atoms with Crippen LogP contribution in [0.5, 0.6) is 0 Å². The number of amides is 2. The largest absolute Gasteiger partial charge is 0.295 e. The summed E-state index contributed by atoms with van der Waals surface area (Å²) in [5.41, 5.74) is -0.323. The third-order valence-corrected chi connectivity index (χ3v) is 5.82. The van der Waals surface area contributed by atoms with E-state index in [9.17, 15) is 9.59 Å². The van der Waals surface area contributed by atoms with Gasteiger partial charge in [0.05, 0.1) is 17.6 Å². The van der Waals surface area contributed by atoms with Crippen molar-refractivity contribution in [1.82, 2.24) is 10.4 Å². The molecule has 1 saturated carbocycles. The van der Waals surface area contributed by atoms with Gasteiger partial charge in [0.2, 0.25) is 11.8 Å². The lowest BCUT2D eigenvalue weighted by molar-refractivity contribution is -0.147. The summed E-state index contributed by atoms with van der Waals surface area (Å²) in [6, 6.07) is 7.75. The van der Waals surface area contributed by atoms with Crippen molar-refractivity contribution in [3.05, 3.63) is 34.3 Å². The van der Waals surface area contributed by atoms with Crippen LogP contribution in [0.2, 0.25) is 0 Å². The van der Waals surface area contributed by atoms with Crippen LogP contribution < -0.4 is 5.32 Å². The maximum Gasteiger partial charge on any atom is 0.237 e. The lowest BCUT2D eigenvalue weighted by Gasteiger charge is -2.33. The molecule has 1 saturated heterocycles. The molecular formula is C19H25BrN2O3.